The Bertz CT molecular complexity index is 350. The summed E-state index contributed by atoms with van der Waals surface area (Å²) in [5.41, 5.74) is -0.860. The van der Waals surface area contributed by atoms with Gasteiger partial charge in [-0.15, -0.1) is 0 Å². The number of nitriles is 1. The van der Waals surface area contributed by atoms with E-state index in [1.54, 1.807) is 0 Å². The van der Waals surface area contributed by atoms with Gasteiger partial charge in [0.25, 0.3) is 0 Å². The van der Waals surface area contributed by atoms with Gasteiger partial charge in [-0.05, 0) is 38.5 Å². The maximum absolute atomic E-state index is 12.4. The van der Waals surface area contributed by atoms with Gasteiger partial charge in [0, 0.05) is 19.3 Å². The van der Waals surface area contributed by atoms with Gasteiger partial charge in [-0.2, -0.15) is 5.26 Å². The summed E-state index contributed by atoms with van der Waals surface area (Å²) in [6, 6.07) is 2.41. The third-order valence-corrected chi connectivity index (χ3v) is 4.71. The molecule has 2 rings (SSSR count). The van der Waals surface area contributed by atoms with E-state index >= 15 is 0 Å². The smallest absolute Gasteiger partial charge is 0.240 e. The topological polar surface area (TPSA) is 62.1 Å². The molecule has 0 aromatic carbocycles. The van der Waals surface area contributed by atoms with Crippen molar-refractivity contribution >= 4 is 5.91 Å². The lowest BCUT2D eigenvalue weighted by Crippen LogP contribution is -2.48. The van der Waals surface area contributed by atoms with Crippen LogP contribution in [0.4, 0.5) is 0 Å². The molecular formula is C15H24N2O2. The van der Waals surface area contributed by atoms with Crippen LogP contribution in [0.25, 0.3) is 0 Å². The van der Waals surface area contributed by atoms with E-state index in [2.05, 4.69) is 18.3 Å². The molecule has 1 aliphatic carbocycles. The molecule has 1 N–H and O–H groups in total. The molecule has 19 heavy (non-hydrogen) atoms. The molecule has 0 aromatic rings. The Kier molecular flexibility index (Phi) is 4.81. The van der Waals surface area contributed by atoms with Gasteiger partial charge >= 0.3 is 0 Å². The molecule has 1 unspecified atom stereocenters. The molecular weight excluding hydrogens is 240 g/mol. The number of hydrogen-bond donors (Lipinski definition) is 1. The standard InChI is InChI=1S/C15H24N2O2/c1-12(13-5-3-2-4-6-13)17-14(18)15(11-16)7-9-19-10-8-15/h12-13H,2-10H2,1H3,(H,17,18). The number of rotatable bonds is 3. The molecule has 1 amide bonds. The summed E-state index contributed by atoms with van der Waals surface area (Å²) < 4.78 is 5.27. The number of carbonyl (C=O) groups is 1. The van der Waals surface area contributed by atoms with E-state index in [1.807, 2.05) is 0 Å². The molecule has 1 saturated carbocycles. The first-order valence-electron chi connectivity index (χ1n) is 7.48. The minimum Gasteiger partial charge on any atom is -0.381 e. The second-order valence-electron chi connectivity index (χ2n) is 5.97. The van der Waals surface area contributed by atoms with Gasteiger partial charge in [0.2, 0.25) is 5.91 Å². The Morgan fingerprint density at radius 2 is 1.95 bits per heavy atom. The van der Waals surface area contributed by atoms with Crippen molar-refractivity contribution in [3.8, 4) is 6.07 Å². The average molecular weight is 264 g/mol. The van der Waals surface area contributed by atoms with Gasteiger partial charge in [-0.3, -0.25) is 4.79 Å². The van der Waals surface area contributed by atoms with Crippen molar-refractivity contribution in [1.82, 2.24) is 5.32 Å². The van der Waals surface area contributed by atoms with Crippen LogP contribution >= 0.6 is 0 Å². The van der Waals surface area contributed by atoms with E-state index in [0.717, 1.165) is 0 Å². The zero-order valence-corrected chi connectivity index (χ0v) is 11.8. The lowest BCUT2D eigenvalue weighted by atomic mass is 9.79. The Morgan fingerprint density at radius 1 is 1.32 bits per heavy atom. The van der Waals surface area contributed by atoms with Crippen LogP contribution in [0.2, 0.25) is 0 Å². The van der Waals surface area contributed by atoms with Gasteiger partial charge in [-0.1, -0.05) is 19.3 Å². The van der Waals surface area contributed by atoms with E-state index in [1.165, 1.54) is 32.1 Å². The van der Waals surface area contributed by atoms with Crippen molar-refractivity contribution < 1.29 is 9.53 Å². The zero-order valence-electron chi connectivity index (χ0n) is 11.8. The van der Waals surface area contributed by atoms with Crippen LogP contribution in [0.5, 0.6) is 0 Å². The maximum Gasteiger partial charge on any atom is 0.240 e. The Labute approximate surface area is 115 Å². The highest BCUT2D eigenvalue weighted by Crippen LogP contribution is 2.31. The summed E-state index contributed by atoms with van der Waals surface area (Å²) in [5.74, 6) is 0.490. The minimum absolute atomic E-state index is 0.0867. The van der Waals surface area contributed by atoms with Crippen molar-refractivity contribution in [2.75, 3.05) is 13.2 Å². The van der Waals surface area contributed by atoms with E-state index < -0.39 is 5.41 Å². The maximum atomic E-state index is 12.4. The number of ether oxygens (including phenoxy) is 1. The SMILES string of the molecule is CC(NC(=O)C1(C#N)CCOCC1)C1CCCCC1. The highest BCUT2D eigenvalue weighted by molar-refractivity contribution is 5.85. The lowest BCUT2D eigenvalue weighted by molar-refractivity contribution is -0.133. The van der Waals surface area contributed by atoms with Crippen molar-refractivity contribution in [3.05, 3.63) is 0 Å². The Balaban J connectivity index is 1.93. The van der Waals surface area contributed by atoms with Crippen LogP contribution in [0.1, 0.15) is 51.9 Å². The molecule has 4 nitrogen and oxygen atoms in total. The van der Waals surface area contributed by atoms with Gasteiger partial charge in [0.1, 0.15) is 5.41 Å². The number of nitrogens with zero attached hydrogens (tertiary/aromatic N) is 1. The quantitative estimate of drug-likeness (QED) is 0.851. The molecule has 2 aliphatic rings. The van der Waals surface area contributed by atoms with Gasteiger partial charge in [0.05, 0.1) is 6.07 Å². The summed E-state index contributed by atoms with van der Waals surface area (Å²) >= 11 is 0. The lowest BCUT2D eigenvalue weighted by Gasteiger charge is -2.33. The predicted octanol–water partition coefficient (Wildman–Crippen LogP) is 2.39. The van der Waals surface area contributed by atoms with Crippen LogP contribution in [0.3, 0.4) is 0 Å². The molecule has 106 valence electrons. The van der Waals surface area contributed by atoms with Crippen molar-refractivity contribution in [2.45, 2.75) is 57.9 Å². The fourth-order valence-corrected chi connectivity index (χ4v) is 3.21. The number of carbonyl (C=O) groups excluding carboxylic acids is 1. The number of nitrogens with one attached hydrogen (secondary N) is 1. The normalized spacial score (nSPS) is 25.3. The molecule has 0 aromatic heterocycles. The number of hydrogen-bond acceptors (Lipinski definition) is 3. The predicted molar refractivity (Wildman–Crippen MR) is 72.3 cm³/mol. The molecule has 1 atom stereocenters. The summed E-state index contributed by atoms with van der Waals surface area (Å²) in [6.45, 7) is 3.11. The van der Waals surface area contributed by atoms with Gasteiger partial charge in [-0.25, -0.2) is 0 Å². The third-order valence-electron chi connectivity index (χ3n) is 4.71. The molecule has 2 fully saturated rings. The summed E-state index contributed by atoms with van der Waals surface area (Å²) in [7, 11) is 0. The molecule has 1 aliphatic heterocycles. The Hall–Kier alpha value is -1.08. The first-order valence-corrected chi connectivity index (χ1v) is 7.48. The molecule has 1 heterocycles. The fraction of sp³-hybridized carbons (Fsp3) is 0.867. The summed E-state index contributed by atoms with van der Waals surface area (Å²) in [5, 5.41) is 12.5. The molecule has 4 heteroatoms. The van der Waals surface area contributed by atoms with Crippen molar-refractivity contribution in [2.24, 2.45) is 11.3 Å². The zero-order chi connectivity index (χ0) is 13.7. The highest BCUT2D eigenvalue weighted by Gasteiger charge is 2.41. The second-order valence-corrected chi connectivity index (χ2v) is 5.97. The first kappa shape index (κ1) is 14.3. The minimum atomic E-state index is -0.860. The van der Waals surface area contributed by atoms with Crippen LogP contribution in [0, 0.1) is 22.7 Å². The van der Waals surface area contributed by atoms with E-state index in [-0.39, 0.29) is 11.9 Å². The Morgan fingerprint density at radius 3 is 2.53 bits per heavy atom. The van der Waals surface area contributed by atoms with Crippen molar-refractivity contribution in [1.29, 1.82) is 5.26 Å². The fourth-order valence-electron chi connectivity index (χ4n) is 3.21. The largest absolute Gasteiger partial charge is 0.381 e. The number of amides is 1. The van der Waals surface area contributed by atoms with Crippen LogP contribution in [0.15, 0.2) is 0 Å². The highest BCUT2D eigenvalue weighted by atomic mass is 16.5. The summed E-state index contributed by atoms with van der Waals surface area (Å²) in [4.78, 5) is 12.4. The molecule has 1 saturated heterocycles. The molecule has 0 bridgehead atoms. The van der Waals surface area contributed by atoms with Crippen LogP contribution in [-0.2, 0) is 9.53 Å². The van der Waals surface area contributed by atoms with Gasteiger partial charge in [0.15, 0.2) is 0 Å². The third kappa shape index (κ3) is 3.27. The monoisotopic (exact) mass is 264 g/mol. The van der Waals surface area contributed by atoms with E-state index in [9.17, 15) is 10.1 Å². The second kappa shape index (κ2) is 6.38. The van der Waals surface area contributed by atoms with Crippen LogP contribution < -0.4 is 5.32 Å². The molecule has 0 spiro atoms. The van der Waals surface area contributed by atoms with E-state index in [0.29, 0.717) is 32.0 Å². The van der Waals surface area contributed by atoms with E-state index in [4.69, 9.17) is 4.74 Å². The van der Waals surface area contributed by atoms with Crippen molar-refractivity contribution in [3.63, 3.8) is 0 Å². The average Bonchev–Trinajstić information content (AvgIpc) is 2.48. The summed E-state index contributed by atoms with van der Waals surface area (Å²) in [6.07, 6.45) is 7.29. The first-order chi connectivity index (χ1) is 9.18. The van der Waals surface area contributed by atoms with Crippen LogP contribution in [-0.4, -0.2) is 25.2 Å². The van der Waals surface area contributed by atoms with Gasteiger partial charge < -0.3 is 10.1 Å². The molecule has 0 radical (unpaired) electrons.